The van der Waals surface area contributed by atoms with Crippen LogP contribution in [0.3, 0.4) is 0 Å². The summed E-state index contributed by atoms with van der Waals surface area (Å²) in [5.74, 6) is -0.294. The van der Waals surface area contributed by atoms with Crippen LogP contribution in [0.4, 0.5) is 13.2 Å². The molecule has 0 saturated heterocycles. The van der Waals surface area contributed by atoms with Crippen molar-refractivity contribution in [3.05, 3.63) is 41.5 Å². The van der Waals surface area contributed by atoms with Crippen LogP contribution in [-0.4, -0.2) is 30.3 Å². The Balaban J connectivity index is 2.46. The summed E-state index contributed by atoms with van der Waals surface area (Å²) in [6.45, 7) is 3.28. The number of hydrogen-bond donors (Lipinski definition) is 2. The number of rotatable bonds is 7. The first-order chi connectivity index (χ1) is 10.7. The van der Waals surface area contributed by atoms with Crippen molar-refractivity contribution >= 4 is 5.91 Å². The molecule has 0 spiro atoms. The Morgan fingerprint density at radius 2 is 2.13 bits per heavy atom. The highest BCUT2D eigenvalue weighted by atomic mass is 19.4. The standard InChI is InChI=1S/C16H20F3NO3/c1-3-5-11(2)15(22)20-9-13(21)10-23-14-7-4-6-12(8-14)16(17,18)19/h4-8,13,21H,3,9-10H2,1-2H3,(H,20,22)/b11-5-. The van der Waals surface area contributed by atoms with Crippen LogP contribution in [0.25, 0.3) is 0 Å². The Kier molecular flexibility index (Phi) is 7.09. The van der Waals surface area contributed by atoms with E-state index in [-0.39, 0.29) is 24.8 Å². The summed E-state index contributed by atoms with van der Waals surface area (Å²) >= 11 is 0. The SMILES string of the molecule is CC/C=C(/C)C(=O)NCC(O)COc1cccc(C(F)(F)F)c1. The first-order valence-corrected chi connectivity index (χ1v) is 7.17. The minimum absolute atomic E-state index is 0.00672. The van der Waals surface area contributed by atoms with Crippen molar-refractivity contribution in [2.45, 2.75) is 32.5 Å². The molecule has 1 amide bonds. The second-order valence-electron chi connectivity index (χ2n) is 5.00. The molecule has 0 aliphatic heterocycles. The van der Waals surface area contributed by atoms with Crippen molar-refractivity contribution < 1.29 is 27.8 Å². The molecule has 128 valence electrons. The van der Waals surface area contributed by atoms with Gasteiger partial charge in [-0.3, -0.25) is 4.79 Å². The number of halogens is 3. The zero-order valence-corrected chi connectivity index (χ0v) is 13.0. The molecule has 1 aromatic rings. The predicted molar refractivity (Wildman–Crippen MR) is 80.0 cm³/mol. The minimum Gasteiger partial charge on any atom is -0.491 e. The summed E-state index contributed by atoms with van der Waals surface area (Å²) in [6.07, 6.45) is -3.00. The minimum atomic E-state index is -4.45. The molecule has 4 nitrogen and oxygen atoms in total. The lowest BCUT2D eigenvalue weighted by molar-refractivity contribution is -0.137. The van der Waals surface area contributed by atoms with E-state index in [0.29, 0.717) is 5.57 Å². The van der Waals surface area contributed by atoms with Crippen molar-refractivity contribution in [3.8, 4) is 5.75 Å². The van der Waals surface area contributed by atoms with E-state index in [4.69, 9.17) is 4.74 Å². The fourth-order valence-corrected chi connectivity index (χ4v) is 1.76. The molecule has 1 unspecified atom stereocenters. The molecule has 0 heterocycles. The van der Waals surface area contributed by atoms with Crippen LogP contribution >= 0.6 is 0 Å². The molecule has 1 rings (SSSR count). The normalized spacial score (nSPS) is 13.6. The lowest BCUT2D eigenvalue weighted by atomic mass is 10.2. The number of aliphatic hydroxyl groups excluding tert-OH is 1. The molecule has 0 aromatic heterocycles. The summed E-state index contributed by atoms with van der Waals surface area (Å²) in [4.78, 5) is 11.6. The first kappa shape index (κ1) is 19.0. The van der Waals surface area contributed by atoms with Crippen LogP contribution in [0.5, 0.6) is 5.75 Å². The summed E-state index contributed by atoms with van der Waals surface area (Å²) in [7, 11) is 0. The molecule has 0 saturated carbocycles. The Bertz CT molecular complexity index is 556. The van der Waals surface area contributed by atoms with E-state index in [9.17, 15) is 23.1 Å². The van der Waals surface area contributed by atoms with Gasteiger partial charge < -0.3 is 15.2 Å². The van der Waals surface area contributed by atoms with Gasteiger partial charge in [-0.2, -0.15) is 13.2 Å². The van der Waals surface area contributed by atoms with Crippen molar-refractivity contribution in [3.63, 3.8) is 0 Å². The number of amides is 1. The number of hydrogen-bond acceptors (Lipinski definition) is 3. The van der Waals surface area contributed by atoms with E-state index >= 15 is 0 Å². The first-order valence-electron chi connectivity index (χ1n) is 7.17. The van der Waals surface area contributed by atoms with Gasteiger partial charge in [0.1, 0.15) is 18.5 Å². The van der Waals surface area contributed by atoms with Gasteiger partial charge in [0.25, 0.3) is 0 Å². The number of alkyl halides is 3. The lowest BCUT2D eigenvalue weighted by Gasteiger charge is -2.14. The number of benzene rings is 1. The van der Waals surface area contributed by atoms with Gasteiger partial charge in [0.2, 0.25) is 5.91 Å². The van der Waals surface area contributed by atoms with E-state index in [1.54, 1.807) is 13.0 Å². The van der Waals surface area contributed by atoms with Crippen LogP contribution < -0.4 is 10.1 Å². The molecule has 0 radical (unpaired) electrons. The quantitative estimate of drug-likeness (QED) is 0.755. The largest absolute Gasteiger partial charge is 0.491 e. The zero-order valence-electron chi connectivity index (χ0n) is 13.0. The third-order valence-electron chi connectivity index (χ3n) is 2.97. The number of carbonyl (C=O) groups is 1. The third-order valence-corrected chi connectivity index (χ3v) is 2.97. The molecule has 0 fully saturated rings. The smallest absolute Gasteiger partial charge is 0.416 e. The third kappa shape index (κ3) is 6.73. The second-order valence-corrected chi connectivity index (χ2v) is 5.00. The Morgan fingerprint density at radius 3 is 2.74 bits per heavy atom. The topological polar surface area (TPSA) is 58.6 Å². The van der Waals surface area contributed by atoms with Crippen LogP contribution in [0.1, 0.15) is 25.8 Å². The Labute approximate surface area is 133 Å². The Morgan fingerprint density at radius 1 is 1.43 bits per heavy atom. The summed E-state index contributed by atoms with van der Waals surface area (Å²) in [5.41, 5.74) is -0.281. The van der Waals surface area contributed by atoms with E-state index in [2.05, 4.69) is 5.32 Å². The predicted octanol–water partition coefficient (Wildman–Crippen LogP) is 2.92. The number of allylic oxidation sites excluding steroid dienone is 1. The number of ether oxygens (including phenoxy) is 1. The van der Waals surface area contributed by atoms with Gasteiger partial charge in [-0.1, -0.05) is 19.1 Å². The van der Waals surface area contributed by atoms with Crippen LogP contribution in [0, 0.1) is 0 Å². The maximum atomic E-state index is 12.6. The highest BCUT2D eigenvalue weighted by molar-refractivity contribution is 5.92. The van der Waals surface area contributed by atoms with Crippen molar-refractivity contribution in [1.29, 1.82) is 0 Å². The molecule has 7 heteroatoms. The van der Waals surface area contributed by atoms with E-state index in [0.717, 1.165) is 18.6 Å². The highest BCUT2D eigenvalue weighted by Crippen LogP contribution is 2.31. The second kappa shape index (κ2) is 8.57. The molecule has 1 atom stereocenters. The molecular weight excluding hydrogens is 311 g/mol. The highest BCUT2D eigenvalue weighted by Gasteiger charge is 2.30. The van der Waals surface area contributed by atoms with Crippen LogP contribution in [0.2, 0.25) is 0 Å². The fourth-order valence-electron chi connectivity index (χ4n) is 1.76. The molecule has 0 aliphatic rings. The molecule has 23 heavy (non-hydrogen) atoms. The lowest BCUT2D eigenvalue weighted by Crippen LogP contribution is -2.35. The van der Waals surface area contributed by atoms with Gasteiger partial charge in [-0.05, 0) is 31.5 Å². The molecule has 1 aromatic carbocycles. The van der Waals surface area contributed by atoms with Gasteiger partial charge in [-0.15, -0.1) is 0 Å². The van der Waals surface area contributed by atoms with Crippen molar-refractivity contribution in [2.75, 3.05) is 13.2 Å². The van der Waals surface area contributed by atoms with E-state index in [1.807, 2.05) is 6.92 Å². The zero-order chi connectivity index (χ0) is 17.5. The van der Waals surface area contributed by atoms with Gasteiger partial charge in [0, 0.05) is 12.1 Å². The number of nitrogens with one attached hydrogen (secondary N) is 1. The number of aliphatic hydroxyl groups is 1. The summed E-state index contributed by atoms with van der Waals surface area (Å²) < 4.78 is 42.8. The molecule has 2 N–H and O–H groups in total. The summed E-state index contributed by atoms with van der Waals surface area (Å²) in [6, 6.07) is 4.39. The van der Waals surface area contributed by atoms with Crippen LogP contribution in [-0.2, 0) is 11.0 Å². The van der Waals surface area contributed by atoms with Gasteiger partial charge in [-0.25, -0.2) is 0 Å². The monoisotopic (exact) mass is 331 g/mol. The van der Waals surface area contributed by atoms with Crippen LogP contribution in [0.15, 0.2) is 35.9 Å². The van der Waals surface area contributed by atoms with Gasteiger partial charge >= 0.3 is 6.18 Å². The fraction of sp³-hybridized carbons (Fsp3) is 0.438. The summed E-state index contributed by atoms with van der Waals surface area (Å²) in [5, 5.41) is 12.2. The van der Waals surface area contributed by atoms with Crippen molar-refractivity contribution in [2.24, 2.45) is 0 Å². The van der Waals surface area contributed by atoms with E-state index < -0.39 is 17.8 Å². The maximum absolute atomic E-state index is 12.6. The van der Waals surface area contributed by atoms with Gasteiger partial charge in [0.15, 0.2) is 0 Å². The average Bonchev–Trinajstić information content (AvgIpc) is 2.50. The number of carbonyl (C=O) groups excluding carboxylic acids is 1. The van der Waals surface area contributed by atoms with Gasteiger partial charge in [0.05, 0.1) is 5.56 Å². The molecule has 0 bridgehead atoms. The average molecular weight is 331 g/mol. The van der Waals surface area contributed by atoms with Crippen molar-refractivity contribution in [1.82, 2.24) is 5.32 Å². The molecular formula is C16H20F3NO3. The maximum Gasteiger partial charge on any atom is 0.416 e. The molecule has 0 aliphatic carbocycles. The van der Waals surface area contributed by atoms with E-state index in [1.165, 1.54) is 12.1 Å². The Hall–Kier alpha value is -2.02.